The van der Waals surface area contributed by atoms with Gasteiger partial charge in [0.2, 0.25) is 5.91 Å². The van der Waals surface area contributed by atoms with Crippen LogP contribution < -0.4 is 11.1 Å². The molecule has 4 nitrogen and oxygen atoms in total. The zero-order valence-corrected chi connectivity index (χ0v) is 9.52. The van der Waals surface area contributed by atoms with Gasteiger partial charge in [0.1, 0.15) is 6.07 Å². The first kappa shape index (κ1) is 11.6. The molecule has 0 aliphatic heterocycles. The lowest BCUT2D eigenvalue weighted by molar-refractivity contribution is -0.117. The van der Waals surface area contributed by atoms with Gasteiger partial charge in [-0.3, -0.25) is 4.79 Å². The van der Waals surface area contributed by atoms with Crippen LogP contribution in [0.4, 0.5) is 5.69 Å². The van der Waals surface area contributed by atoms with E-state index in [1.54, 1.807) is 24.3 Å². The third-order valence-electron chi connectivity index (χ3n) is 2.93. The van der Waals surface area contributed by atoms with Gasteiger partial charge in [0.05, 0.1) is 17.3 Å². The molecule has 0 saturated heterocycles. The zero-order valence-electron chi connectivity index (χ0n) is 9.52. The van der Waals surface area contributed by atoms with Gasteiger partial charge in [-0.15, -0.1) is 0 Å². The lowest BCUT2D eigenvalue weighted by atomic mass is 10.1. The molecule has 1 aromatic carbocycles. The molecule has 0 unspecified atom stereocenters. The van der Waals surface area contributed by atoms with Crippen molar-refractivity contribution in [1.82, 2.24) is 0 Å². The smallest absolute Gasteiger partial charge is 0.241 e. The number of nitriles is 1. The summed E-state index contributed by atoms with van der Waals surface area (Å²) in [6.45, 7) is 0. The first-order valence-corrected chi connectivity index (χ1v) is 5.76. The molecule has 3 N–H and O–H groups in total. The topological polar surface area (TPSA) is 78.9 Å². The Bertz CT molecular complexity index is 460. The molecule has 0 bridgehead atoms. The average Bonchev–Trinajstić information content (AvgIpc) is 3.13. The lowest BCUT2D eigenvalue weighted by Gasteiger charge is -2.12. The Morgan fingerprint density at radius 2 is 2.24 bits per heavy atom. The van der Waals surface area contributed by atoms with Crippen LogP contribution in [0, 0.1) is 17.2 Å². The molecule has 2 rings (SSSR count). The van der Waals surface area contributed by atoms with Crippen LogP contribution in [-0.2, 0) is 4.79 Å². The fourth-order valence-electron chi connectivity index (χ4n) is 1.73. The molecule has 1 fully saturated rings. The number of nitrogens with one attached hydrogen (secondary N) is 1. The summed E-state index contributed by atoms with van der Waals surface area (Å²) in [4.78, 5) is 11.8. The van der Waals surface area contributed by atoms with Gasteiger partial charge in [-0.2, -0.15) is 5.26 Å². The van der Waals surface area contributed by atoms with Crippen molar-refractivity contribution in [2.45, 2.75) is 25.3 Å². The van der Waals surface area contributed by atoms with Crippen molar-refractivity contribution in [2.75, 3.05) is 5.32 Å². The van der Waals surface area contributed by atoms with Crippen molar-refractivity contribution in [3.8, 4) is 6.07 Å². The van der Waals surface area contributed by atoms with Crippen LogP contribution in [0.5, 0.6) is 0 Å². The van der Waals surface area contributed by atoms with Gasteiger partial charge >= 0.3 is 0 Å². The summed E-state index contributed by atoms with van der Waals surface area (Å²) in [5, 5.41) is 11.6. The summed E-state index contributed by atoms with van der Waals surface area (Å²) in [7, 11) is 0. The Labute approximate surface area is 100 Å². The summed E-state index contributed by atoms with van der Waals surface area (Å²) in [6.07, 6.45) is 3.09. The highest BCUT2D eigenvalue weighted by atomic mass is 16.2. The summed E-state index contributed by atoms with van der Waals surface area (Å²) >= 11 is 0. The Morgan fingerprint density at radius 1 is 1.53 bits per heavy atom. The fraction of sp³-hybridized carbons (Fsp3) is 0.385. The van der Waals surface area contributed by atoms with Crippen LogP contribution in [0.3, 0.4) is 0 Å². The van der Waals surface area contributed by atoms with Crippen LogP contribution in [0.1, 0.15) is 24.8 Å². The minimum Gasteiger partial charge on any atom is -0.324 e. The first-order valence-electron chi connectivity index (χ1n) is 5.76. The van der Waals surface area contributed by atoms with E-state index < -0.39 is 6.04 Å². The maximum absolute atomic E-state index is 11.8. The van der Waals surface area contributed by atoms with Gasteiger partial charge < -0.3 is 11.1 Å². The van der Waals surface area contributed by atoms with Crippen molar-refractivity contribution in [3.63, 3.8) is 0 Å². The summed E-state index contributed by atoms with van der Waals surface area (Å²) in [5.74, 6) is 0.404. The third-order valence-corrected chi connectivity index (χ3v) is 2.93. The molecule has 88 valence electrons. The molecular formula is C13H15N3O. The maximum atomic E-state index is 11.8. The number of carbonyl (C=O) groups excluding carboxylic acids is 1. The molecule has 17 heavy (non-hydrogen) atoms. The molecule has 1 saturated carbocycles. The van der Waals surface area contributed by atoms with E-state index in [0.717, 1.165) is 6.42 Å². The van der Waals surface area contributed by atoms with E-state index in [1.807, 2.05) is 6.07 Å². The van der Waals surface area contributed by atoms with E-state index >= 15 is 0 Å². The van der Waals surface area contributed by atoms with Crippen molar-refractivity contribution in [1.29, 1.82) is 5.26 Å². The highest BCUT2D eigenvalue weighted by molar-refractivity contribution is 5.95. The van der Waals surface area contributed by atoms with Gasteiger partial charge in [0.25, 0.3) is 0 Å². The second-order valence-electron chi connectivity index (χ2n) is 4.43. The second kappa shape index (κ2) is 4.98. The predicted molar refractivity (Wildman–Crippen MR) is 65.1 cm³/mol. The number of hydrogen-bond donors (Lipinski definition) is 2. The summed E-state index contributed by atoms with van der Waals surface area (Å²) < 4.78 is 0. The molecule has 0 aromatic heterocycles. The monoisotopic (exact) mass is 229 g/mol. The van der Waals surface area contributed by atoms with Gasteiger partial charge in [-0.1, -0.05) is 25.0 Å². The molecule has 0 radical (unpaired) electrons. The number of hydrogen-bond acceptors (Lipinski definition) is 3. The van der Waals surface area contributed by atoms with E-state index in [0.29, 0.717) is 17.2 Å². The Kier molecular flexibility index (Phi) is 3.40. The van der Waals surface area contributed by atoms with E-state index in [-0.39, 0.29) is 5.91 Å². The largest absolute Gasteiger partial charge is 0.324 e. The SMILES string of the molecule is N#Cc1ccccc1NC(=O)[C@@H](N)CC1CC1. The van der Waals surface area contributed by atoms with Crippen LogP contribution in [0.15, 0.2) is 24.3 Å². The van der Waals surface area contributed by atoms with Crippen molar-refractivity contribution in [2.24, 2.45) is 11.7 Å². The Hall–Kier alpha value is -1.86. The lowest BCUT2D eigenvalue weighted by Crippen LogP contribution is -2.36. The Balaban J connectivity index is 1.99. The minimum absolute atomic E-state index is 0.209. The number of para-hydroxylation sites is 1. The molecule has 1 aliphatic rings. The molecular weight excluding hydrogens is 214 g/mol. The maximum Gasteiger partial charge on any atom is 0.241 e. The highest BCUT2D eigenvalue weighted by Gasteiger charge is 2.27. The van der Waals surface area contributed by atoms with E-state index in [1.165, 1.54) is 12.8 Å². The number of rotatable bonds is 4. The van der Waals surface area contributed by atoms with Crippen molar-refractivity contribution >= 4 is 11.6 Å². The number of nitrogens with two attached hydrogens (primary N) is 1. The second-order valence-corrected chi connectivity index (χ2v) is 4.43. The van der Waals surface area contributed by atoms with E-state index in [2.05, 4.69) is 5.32 Å². The fourth-order valence-corrected chi connectivity index (χ4v) is 1.73. The van der Waals surface area contributed by atoms with Gasteiger partial charge in [-0.05, 0) is 24.5 Å². The third kappa shape index (κ3) is 3.05. The summed E-state index contributed by atoms with van der Waals surface area (Å²) in [6, 6.07) is 8.48. The highest BCUT2D eigenvalue weighted by Crippen LogP contribution is 2.33. The number of nitrogens with zero attached hydrogens (tertiary/aromatic N) is 1. The molecule has 0 heterocycles. The average molecular weight is 229 g/mol. The molecule has 1 aromatic rings. The number of amides is 1. The zero-order chi connectivity index (χ0) is 12.3. The standard InChI is InChI=1S/C13H15N3O/c14-8-10-3-1-2-4-12(10)16-13(17)11(15)7-9-5-6-9/h1-4,9,11H,5-7,15H2,(H,16,17)/t11-/m0/s1. The first-order chi connectivity index (χ1) is 8.20. The van der Waals surface area contributed by atoms with Crippen LogP contribution in [0.25, 0.3) is 0 Å². The van der Waals surface area contributed by atoms with E-state index in [4.69, 9.17) is 11.0 Å². The van der Waals surface area contributed by atoms with Gasteiger partial charge in [0.15, 0.2) is 0 Å². The molecule has 1 atom stereocenters. The quantitative estimate of drug-likeness (QED) is 0.823. The normalized spacial score (nSPS) is 16.0. The number of anilines is 1. The van der Waals surface area contributed by atoms with Crippen LogP contribution in [-0.4, -0.2) is 11.9 Å². The Morgan fingerprint density at radius 3 is 2.88 bits per heavy atom. The summed E-state index contributed by atoms with van der Waals surface area (Å²) in [5.41, 5.74) is 6.79. The van der Waals surface area contributed by atoms with Gasteiger partial charge in [0, 0.05) is 0 Å². The van der Waals surface area contributed by atoms with Crippen molar-refractivity contribution < 1.29 is 4.79 Å². The molecule has 0 spiro atoms. The number of carbonyl (C=O) groups is 1. The minimum atomic E-state index is -0.478. The number of benzene rings is 1. The van der Waals surface area contributed by atoms with Gasteiger partial charge in [-0.25, -0.2) is 0 Å². The molecule has 1 aliphatic carbocycles. The molecule has 1 amide bonds. The molecule has 4 heteroatoms. The van der Waals surface area contributed by atoms with Crippen LogP contribution >= 0.6 is 0 Å². The predicted octanol–water partition coefficient (Wildman–Crippen LogP) is 1.62. The van der Waals surface area contributed by atoms with Crippen LogP contribution in [0.2, 0.25) is 0 Å². The van der Waals surface area contributed by atoms with E-state index in [9.17, 15) is 4.79 Å². The van der Waals surface area contributed by atoms with Crippen molar-refractivity contribution in [3.05, 3.63) is 29.8 Å².